The number of benzene rings is 1. The summed E-state index contributed by atoms with van der Waals surface area (Å²) in [6, 6.07) is 1.50. The van der Waals surface area contributed by atoms with E-state index in [9.17, 15) is 14.4 Å². The highest BCUT2D eigenvalue weighted by Gasteiger charge is 2.54. The molecule has 0 spiro atoms. The van der Waals surface area contributed by atoms with Crippen molar-refractivity contribution in [3.8, 4) is 17.2 Å². The van der Waals surface area contributed by atoms with Crippen molar-refractivity contribution < 1.29 is 28.6 Å². The lowest BCUT2D eigenvalue weighted by atomic mass is 9.48. The maximum atomic E-state index is 12.7. The van der Waals surface area contributed by atoms with Gasteiger partial charge in [0.15, 0.2) is 17.3 Å². The topological polar surface area (TPSA) is 131 Å². The minimum Gasteiger partial charge on any atom is -0.493 e. The van der Waals surface area contributed by atoms with Gasteiger partial charge in [-0.25, -0.2) is 9.59 Å². The summed E-state index contributed by atoms with van der Waals surface area (Å²) in [6.07, 6.45) is 6.29. The number of hydrogen-bond donors (Lipinski definition) is 2. The first-order valence-electron chi connectivity index (χ1n) is 12.4. The van der Waals surface area contributed by atoms with E-state index in [0.29, 0.717) is 11.5 Å². The molecule has 0 aromatic heterocycles. The molecule has 0 radical (unpaired) electrons. The first-order valence-corrected chi connectivity index (χ1v) is 12.4. The molecule has 8 nitrogen and oxygen atoms in total. The molecule has 2 bridgehead atoms. The quantitative estimate of drug-likeness (QED) is 0.390. The van der Waals surface area contributed by atoms with E-state index in [1.807, 2.05) is 12.2 Å². The van der Waals surface area contributed by atoms with E-state index in [0.717, 1.165) is 12.0 Å². The number of fused-ring (bicyclic) bond motifs is 1. The Kier molecular flexibility index (Phi) is 8.10. The third-order valence-electron chi connectivity index (χ3n) is 7.45. The highest BCUT2D eigenvalue weighted by molar-refractivity contribution is 5.96. The Morgan fingerprint density at radius 2 is 1.50 bits per heavy atom. The summed E-state index contributed by atoms with van der Waals surface area (Å²) in [5.74, 6) is -0.972. The number of nitrogens with two attached hydrogens (primary N) is 2. The normalized spacial score (nSPS) is 22.2. The fraction of sp³-hybridized carbons (Fsp3) is 0.536. The van der Waals surface area contributed by atoms with E-state index in [1.165, 1.54) is 7.11 Å². The second-order valence-electron chi connectivity index (χ2n) is 11.0. The number of allylic oxidation sites excluding steroid dienone is 3. The van der Waals surface area contributed by atoms with Gasteiger partial charge in [-0.3, -0.25) is 4.79 Å². The van der Waals surface area contributed by atoms with Gasteiger partial charge in [-0.2, -0.15) is 0 Å². The minimum atomic E-state index is -0.874. The van der Waals surface area contributed by atoms with Crippen LogP contribution in [0.15, 0.2) is 29.9 Å². The molecule has 1 aromatic carbocycles. The summed E-state index contributed by atoms with van der Waals surface area (Å²) >= 11 is 0. The van der Waals surface area contributed by atoms with Gasteiger partial charge < -0.3 is 25.7 Å². The molecule has 36 heavy (non-hydrogen) atoms. The molecule has 1 aromatic rings. The van der Waals surface area contributed by atoms with Gasteiger partial charge in [-0.05, 0) is 58.9 Å². The summed E-state index contributed by atoms with van der Waals surface area (Å²) in [5.41, 5.74) is 13.5. The third kappa shape index (κ3) is 5.39. The number of rotatable bonds is 9. The second kappa shape index (κ2) is 10.6. The molecule has 196 valence electrons. The monoisotopic (exact) mass is 498 g/mol. The van der Waals surface area contributed by atoms with Crippen LogP contribution in [-0.4, -0.2) is 36.9 Å². The molecule has 4 N–H and O–H groups in total. The van der Waals surface area contributed by atoms with Crippen LogP contribution in [0.4, 0.5) is 0 Å². The molecule has 0 aliphatic heterocycles. The van der Waals surface area contributed by atoms with Gasteiger partial charge in [0.1, 0.15) is 12.1 Å². The zero-order chi connectivity index (χ0) is 26.9. The summed E-state index contributed by atoms with van der Waals surface area (Å²) in [4.78, 5) is 37.8. The van der Waals surface area contributed by atoms with E-state index >= 15 is 0 Å². The van der Waals surface area contributed by atoms with Crippen molar-refractivity contribution in [3.63, 3.8) is 0 Å². The molecule has 0 heterocycles. The van der Waals surface area contributed by atoms with Crippen molar-refractivity contribution in [1.29, 1.82) is 0 Å². The molecule has 1 saturated carbocycles. The number of esters is 2. The van der Waals surface area contributed by atoms with E-state index in [-0.39, 0.29) is 46.2 Å². The fourth-order valence-corrected chi connectivity index (χ4v) is 4.61. The highest BCUT2D eigenvalue weighted by Crippen LogP contribution is 2.58. The van der Waals surface area contributed by atoms with Crippen molar-refractivity contribution in [2.75, 3.05) is 7.11 Å². The van der Waals surface area contributed by atoms with Crippen LogP contribution in [0.25, 0.3) is 6.08 Å². The summed E-state index contributed by atoms with van der Waals surface area (Å²) in [5, 5.41) is 0. The fourth-order valence-electron chi connectivity index (χ4n) is 4.61. The Labute approximate surface area is 213 Å². The van der Waals surface area contributed by atoms with Gasteiger partial charge in [0, 0.05) is 5.92 Å². The van der Waals surface area contributed by atoms with Crippen LogP contribution in [0.5, 0.6) is 17.2 Å². The number of ketones is 1. The molecule has 3 aliphatic carbocycles. The zero-order valence-corrected chi connectivity index (χ0v) is 22.2. The molecule has 4 rings (SSSR count). The van der Waals surface area contributed by atoms with E-state index in [2.05, 4.69) is 13.8 Å². The molecule has 3 aliphatic rings. The van der Waals surface area contributed by atoms with Crippen LogP contribution in [0.2, 0.25) is 0 Å². The van der Waals surface area contributed by atoms with Gasteiger partial charge in [-0.15, -0.1) is 0 Å². The first kappa shape index (κ1) is 27.6. The lowest BCUT2D eigenvalue weighted by molar-refractivity contribution is -0.139. The van der Waals surface area contributed by atoms with Crippen molar-refractivity contribution in [2.45, 2.75) is 60.0 Å². The van der Waals surface area contributed by atoms with E-state index in [1.54, 1.807) is 45.9 Å². The van der Waals surface area contributed by atoms with Crippen molar-refractivity contribution >= 4 is 23.8 Å². The largest absolute Gasteiger partial charge is 0.493 e. The van der Waals surface area contributed by atoms with Crippen LogP contribution in [0, 0.1) is 29.1 Å². The van der Waals surface area contributed by atoms with Gasteiger partial charge in [0.2, 0.25) is 5.75 Å². The van der Waals surface area contributed by atoms with E-state index < -0.39 is 24.0 Å². The van der Waals surface area contributed by atoms with Gasteiger partial charge >= 0.3 is 11.9 Å². The van der Waals surface area contributed by atoms with E-state index in [4.69, 9.17) is 25.7 Å². The van der Waals surface area contributed by atoms with Crippen LogP contribution >= 0.6 is 0 Å². The Morgan fingerprint density at radius 3 is 2.00 bits per heavy atom. The lowest BCUT2D eigenvalue weighted by Crippen LogP contribution is -2.52. The maximum Gasteiger partial charge on any atom is 0.328 e. The van der Waals surface area contributed by atoms with Crippen molar-refractivity contribution in [3.05, 3.63) is 35.4 Å². The first-order chi connectivity index (χ1) is 16.8. The van der Waals surface area contributed by atoms with Crippen molar-refractivity contribution in [2.24, 2.45) is 40.6 Å². The van der Waals surface area contributed by atoms with Crippen LogP contribution in [0.3, 0.4) is 0 Å². The Morgan fingerprint density at radius 1 is 0.944 bits per heavy atom. The Balaban J connectivity index is 1.99. The van der Waals surface area contributed by atoms with Gasteiger partial charge in [0.25, 0.3) is 0 Å². The summed E-state index contributed by atoms with van der Waals surface area (Å²) in [6.45, 7) is 11.5. The Hall–Kier alpha value is -2.97. The van der Waals surface area contributed by atoms with Crippen LogP contribution in [-0.2, 0) is 14.4 Å². The van der Waals surface area contributed by atoms with Gasteiger partial charge in [-0.1, -0.05) is 53.7 Å². The Bertz CT molecular complexity index is 1100. The highest BCUT2D eigenvalue weighted by atomic mass is 16.6. The zero-order valence-electron chi connectivity index (χ0n) is 22.2. The number of hydrogen-bond acceptors (Lipinski definition) is 8. The molecule has 4 atom stereocenters. The maximum absolute atomic E-state index is 12.7. The SMILES string of the molecule is COc1cc(/C=C/C2=CC(=O)[C@H]3C[C@@H]2C3(C)C)cc(OC(=O)[C@@H](N)C(C)C)c1OC(=O)C(N)C(C)C. The number of carbonyl (C=O) groups excluding carboxylic acids is 3. The lowest BCUT2D eigenvalue weighted by Gasteiger charge is -2.54. The number of ether oxygens (including phenoxy) is 3. The molecule has 1 fully saturated rings. The second-order valence-corrected chi connectivity index (χ2v) is 11.0. The predicted octanol–water partition coefficient (Wildman–Crippen LogP) is 3.66. The molecular weight excluding hydrogens is 460 g/mol. The molecule has 0 amide bonds. The number of methoxy groups -OCH3 is 1. The summed E-state index contributed by atoms with van der Waals surface area (Å²) in [7, 11) is 1.42. The number of carbonyl (C=O) groups is 3. The molecule has 8 heteroatoms. The average molecular weight is 499 g/mol. The summed E-state index contributed by atoms with van der Waals surface area (Å²) < 4.78 is 16.6. The van der Waals surface area contributed by atoms with Crippen LogP contribution < -0.4 is 25.7 Å². The van der Waals surface area contributed by atoms with Crippen LogP contribution in [0.1, 0.15) is 53.5 Å². The molecule has 1 unspecified atom stereocenters. The molecular formula is C28H38N2O6. The predicted molar refractivity (Wildman–Crippen MR) is 137 cm³/mol. The minimum absolute atomic E-state index is 0.00264. The van der Waals surface area contributed by atoms with Crippen molar-refractivity contribution in [1.82, 2.24) is 0 Å². The molecule has 0 saturated heterocycles. The average Bonchev–Trinajstić information content (AvgIpc) is 2.81. The standard InChI is InChI=1S/C28H38N2O6/c1-14(2)23(29)26(32)35-22-11-16(8-9-17-12-20(31)19-13-18(17)28(19,5)6)10-21(34-7)25(22)36-27(33)24(30)15(3)4/h8-12,14-15,18-19,23-24H,13,29-30H2,1-7H3/b9-8+/t18-,19+,23-,24?/m0/s1. The smallest absolute Gasteiger partial charge is 0.328 e. The third-order valence-corrected chi connectivity index (χ3v) is 7.45. The van der Waals surface area contributed by atoms with Gasteiger partial charge in [0.05, 0.1) is 7.11 Å².